The number of aromatic nitrogens is 4. The molecule has 7 nitrogen and oxygen atoms in total. The minimum atomic E-state index is -0.337. The van der Waals surface area contributed by atoms with Gasteiger partial charge < -0.3 is 9.80 Å². The number of nitrogens with zero attached hydrogens (tertiary/aromatic N) is 6. The second-order valence-electron chi connectivity index (χ2n) is 10.0. The van der Waals surface area contributed by atoms with Gasteiger partial charge in [0.15, 0.2) is 5.65 Å². The molecule has 0 radical (unpaired) electrons. The monoisotopic (exact) mass is 498 g/mol. The maximum Gasteiger partial charge on any atom is 0.253 e. The number of rotatable bonds is 4. The average Bonchev–Trinajstić information content (AvgIpc) is 3.23. The summed E-state index contributed by atoms with van der Waals surface area (Å²) in [6.45, 7) is 2.69. The first kappa shape index (κ1) is 23.6. The van der Waals surface area contributed by atoms with Gasteiger partial charge in [0.05, 0.1) is 17.3 Å². The Bertz CT molecular complexity index is 1380. The highest BCUT2D eigenvalue weighted by molar-refractivity contribution is 5.94. The van der Waals surface area contributed by atoms with E-state index in [1.54, 1.807) is 12.1 Å². The fraction of sp³-hybridized carbons (Fsp3) is 0.379. The zero-order valence-electron chi connectivity index (χ0n) is 20.9. The van der Waals surface area contributed by atoms with Crippen LogP contribution in [0.1, 0.15) is 60.6 Å². The molecular formula is C29H31FN6O. The zero-order chi connectivity index (χ0) is 25.2. The third-order valence-electron chi connectivity index (χ3n) is 7.57. The minimum Gasteiger partial charge on any atom is -0.354 e. The smallest absolute Gasteiger partial charge is 0.253 e. The molecule has 0 unspecified atom stereocenters. The van der Waals surface area contributed by atoms with Crippen LogP contribution in [0.4, 0.5) is 10.2 Å². The van der Waals surface area contributed by atoms with Crippen molar-refractivity contribution in [2.24, 2.45) is 0 Å². The highest BCUT2D eigenvalue weighted by Crippen LogP contribution is 2.34. The fourth-order valence-electron chi connectivity index (χ4n) is 5.56. The van der Waals surface area contributed by atoms with E-state index in [0.29, 0.717) is 31.1 Å². The number of para-hydroxylation sites is 1. The Labute approximate surface area is 215 Å². The maximum absolute atomic E-state index is 13.4. The number of halogens is 1. The maximum atomic E-state index is 13.4. The zero-order valence-corrected chi connectivity index (χ0v) is 20.9. The Balaban J connectivity index is 1.33. The van der Waals surface area contributed by atoms with Gasteiger partial charge in [0, 0.05) is 37.7 Å². The summed E-state index contributed by atoms with van der Waals surface area (Å²) < 4.78 is 15.3. The number of benzene rings is 2. The minimum absolute atomic E-state index is 0.0607. The van der Waals surface area contributed by atoms with Gasteiger partial charge in [-0.15, -0.1) is 0 Å². The van der Waals surface area contributed by atoms with Crippen LogP contribution in [0.2, 0.25) is 0 Å². The van der Waals surface area contributed by atoms with Crippen LogP contribution < -0.4 is 4.90 Å². The number of fused-ring (bicyclic) bond motifs is 1. The Hall–Kier alpha value is -3.81. The van der Waals surface area contributed by atoms with Gasteiger partial charge in [0.2, 0.25) is 0 Å². The van der Waals surface area contributed by atoms with E-state index in [-0.39, 0.29) is 11.7 Å². The van der Waals surface area contributed by atoms with Crippen molar-refractivity contribution in [3.8, 4) is 5.69 Å². The second kappa shape index (κ2) is 10.3. The number of amides is 1. The molecule has 8 heteroatoms. The van der Waals surface area contributed by atoms with Crippen LogP contribution in [0.25, 0.3) is 16.7 Å². The van der Waals surface area contributed by atoms with Gasteiger partial charge in [-0.2, -0.15) is 5.10 Å². The second-order valence-corrected chi connectivity index (χ2v) is 10.0. The number of anilines is 1. The van der Waals surface area contributed by atoms with Crippen LogP contribution >= 0.6 is 0 Å². The molecule has 1 saturated carbocycles. The third-order valence-corrected chi connectivity index (χ3v) is 7.57. The molecule has 2 aromatic carbocycles. The molecule has 190 valence electrons. The lowest BCUT2D eigenvalue weighted by molar-refractivity contribution is 0.0767. The predicted octanol–water partition coefficient (Wildman–Crippen LogP) is 5.35. The molecule has 1 aliphatic heterocycles. The van der Waals surface area contributed by atoms with Gasteiger partial charge in [-0.3, -0.25) is 4.79 Å². The fourth-order valence-corrected chi connectivity index (χ4v) is 5.56. The van der Waals surface area contributed by atoms with Crippen molar-refractivity contribution in [1.29, 1.82) is 0 Å². The summed E-state index contributed by atoms with van der Waals surface area (Å²) in [5.74, 6) is 1.78. The van der Waals surface area contributed by atoms with Gasteiger partial charge in [-0.05, 0) is 55.7 Å². The topological polar surface area (TPSA) is 67.2 Å². The molecule has 0 bridgehead atoms. The Morgan fingerprint density at radius 3 is 2.41 bits per heavy atom. The number of hydrogen-bond donors (Lipinski definition) is 0. The normalized spacial score (nSPS) is 17.2. The molecule has 4 aromatic rings. The molecule has 2 aliphatic rings. The van der Waals surface area contributed by atoms with Crippen molar-refractivity contribution in [1.82, 2.24) is 24.6 Å². The Morgan fingerprint density at radius 1 is 0.838 bits per heavy atom. The first-order chi connectivity index (χ1) is 18.2. The molecule has 1 aliphatic carbocycles. The molecule has 0 N–H and O–H groups in total. The largest absolute Gasteiger partial charge is 0.354 e. The van der Waals surface area contributed by atoms with Crippen molar-refractivity contribution in [2.75, 3.05) is 31.1 Å². The first-order valence-electron chi connectivity index (χ1n) is 13.3. The predicted molar refractivity (Wildman–Crippen MR) is 142 cm³/mol. The lowest BCUT2D eigenvalue weighted by atomic mass is 9.88. The number of carbonyl (C=O) groups excluding carboxylic acids is 1. The molecule has 37 heavy (non-hydrogen) atoms. The van der Waals surface area contributed by atoms with Gasteiger partial charge in [-0.1, -0.05) is 37.5 Å². The number of hydrogen-bond acceptors (Lipinski definition) is 5. The summed E-state index contributed by atoms with van der Waals surface area (Å²) in [5, 5.41) is 5.65. The molecule has 6 rings (SSSR count). The van der Waals surface area contributed by atoms with Gasteiger partial charge in [0.25, 0.3) is 5.91 Å². The van der Waals surface area contributed by atoms with Crippen molar-refractivity contribution < 1.29 is 9.18 Å². The van der Waals surface area contributed by atoms with Crippen molar-refractivity contribution in [3.05, 3.63) is 78.0 Å². The van der Waals surface area contributed by atoms with Crippen LogP contribution in [0.5, 0.6) is 0 Å². The van der Waals surface area contributed by atoms with Gasteiger partial charge in [0.1, 0.15) is 17.5 Å². The quantitative estimate of drug-likeness (QED) is 0.379. The van der Waals surface area contributed by atoms with Gasteiger partial charge >= 0.3 is 0 Å². The SMILES string of the molecule is O=C(c1ccc(F)cc1)N1CCCN(c2nc(C3CCCCC3)nc3c2cnn3-c2ccccc2)CC1. The Kier molecular flexibility index (Phi) is 6.55. The van der Waals surface area contributed by atoms with E-state index in [2.05, 4.69) is 4.90 Å². The third kappa shape index (κ3) is 4.80. The molecule has 2 aromatic heterocycles. The standard InChI is InChI=1S/C29H31FN6O/c30-23-14-12-22(13-15-23)29(37)35-17-7-16-34(18-19-35)27-25-20-31-36(24-10-5-2-6-11-24)28(25)33-26(32-27)21-8-3-1-4-9-21/h2,5-6,10-15,20-21H,1,3-4,7-9,16-19H2. The van der Waals surface area contributed by atoms with Crippen molar-refractivity contribution in [3.63, 3.8) is 0 Å². The van der Waals surface area contributed by atoms with E-state index in [0.717, 1.165) is 54.2 Å². The van der Waals surface area contributed by atoms with E-state index in [1.807, 2.05) is 46.1 Å². The molecular weight excluding hydrogens is 467 g/mol. The lowest BCUT2D eigenvalue weighted by Crippen LogP contribution is -2.35. The van der Waals surface area contributed by atoms with E-state index in [9.17, 15) is 9.18 Å². The molecule has 1 saturated heterocycles. The molecule has 0 spiro atoms. The molecule has 3 heterocycles. The first-order valence-corrected chi connectivity index (χ1v) is 13.3. The van der Waals surface area contributed by atoms with Gasteiger partial charge in [-0.25, -0.2) is 19.0 Å². The van der Waals surface area contributed by atoms with E-state index in [1.165, 1.54) is 31.4 Å². The van der Waals surface area contributed by atoms with Crippen LogP contribution in [0, 0.1) is 5.82 Å². The van der Waals surface area contributed by atoms with Crippen molar-refractivity contribution >= 4 is 22.8 Å². The van der Waals surface area contributed by atoms with E-state index >= 15 is 0 Å². The summed E-state index contributed by atoms with van der Waals surface area (Å²) in [6.07, 6.45) is 8.62. The Morgan fingerprint density at radius 2 is 1.62 bits per heavy atom. The lowest BCUT2D eigenvalue weighted by Gasteiger charge is -2.26. The molecule has 0 atom stereocenters. The summed E-state index contributed by atoms with van der Waals surface area (Å²) in [6, 6.07) is 15.9. The van der Waals surface area contributed by atoms with Crippen LogP contribution in [-0.4, -0.2) is 56.7 Å². The van der Waals surface area contributed by atoms with Crippen LogP contribution in [-0.2, 0) is 0 Å². The summed E-state index contributed by atoms with van der Waals surface area (Å²) in [4.78, 5) is 27.5. The van der Waals surface area contributed by atoms with E-state index < -0.39 is 0 Å². The number of carbonyl (C=O) groups is 1. The van der Waals surface area contributed by atoms with Crippen molar-refractivity contribution in [2.45, 2.75) is 44.4 Å². The summed E-state index contributed by atoms with van der Waals surface area (Å²) in [5.41, 5.74) is 2.33. The van der Waals surface area contributed by atoms with Crippen LogP contribution in [0.3, 0.4) is 0 Å². The average molecular weight is 499 g/mol. The molecule has 1 amide bonds. The van der Waals surface area contributed by atoms with Crippen LogP contribution in [0.15, 0.2) is 60.8 Å². The molecule has 2 fully saturated rings. The highest BCUT2D eigenvalue weighted by Gasteiger charge is 2.26. The summed E-state index contributed by atoms with van der Waals surface area (Å²) in [7, 11) is 0. The highest BCUT2D eigenvalue weighted by atomic mass is 19.1. The summed E-state index contributed by atoms with van der Waals surface area (Å²) >= 11 is 0. The van der Waals surface area contributed by atoms with E-state index in [4.69, 9.17) is 15.1 Å².